The summed E-state index contributed by atoms with van der Waals surface area (Å²) in [5.74, 6) is 0. The maximum absolute atomic E-state index is 8.05. The Labute approximate surface area is 70.5 Å². The van der Waals surface area contributed by atoms with Crippen LogP contribution in [0.5, 0.6) is 0 Å². The highest BCUT2D eigenvalue weighted by atomic mass is 28.4. The van der Waals surface area contributed by atoms with Crippen LogP contribution in [0.15, 0.2) is 0 Å². The first-order valence-electron chi connectivity index (χ1n) is 2.77. The van der Waals surface area contributed by atoms with Crippen LogP contribution < -0.4 is 0 Å². The first kappa shape index (κ1) is 14.6. The van der Waals surface area contributed by atoms with E-state index in [2.05, 4.69) is 4.43 Å². The molecule has 0 aromatic rings. The molecule has 0 aliphatic carbocycles. The lowest BCUT2D eigenvalue weighted by molar-refractivity contribution is 0.0686. The molecular weight excluding hydrogens is 208 g/mol. The van der Waals surface area contributed by atoms with Gasteiger partial charge in [0.15, 0.2) is 0 Å². The van der Waals surface area contributed by atoms with Gasteiger partial charge in [-0.1, -0.05) is 0 Å². The second-order valence-corrected chi connectivity index (χ2v) is 4.24. The Bertz CT molecular complexity index is 96.6. The zero-order chi connectivity index (χ0) is 10.4. The fourth-order valence-corrected chi connectivity index (χ4v) is 0.581. The molecule has 8 nitrogen and oxygen atoms in total. The Morgan fingerprint density at radius 1 is 0.917 bits per heavy atom. The van der Waals surface area contributed by atoms with Crippen LogP contribution in [0.2, 0.25) is 0 Å². The standard InChI is InChI=1S/C2H8O4Si.H4O4Si/c1-2-6-7(3,4)5;1-5(2,3)4/h3-5H,2H2,1H3;1-4H. The van der Waals surface area contributed by atoms with Gasteiger partial charge in [-0.15, -0.1) is 0 Å². The highest BCUT2D eigenvalue weighted by Crippen LogP contribution is 1.85. The third-order valence-corrected chi connectivity index (χ3v) is 1.01. The molecular formula is C2H12O8Si2. The second-order valence-electron chi connectivity index (χ2n) is 1.61. The van der Waals surface area contributed by atoms with Crippen molar-refractivity contribution < 1.29 is 38.0 Å². The highest BCUT2D eigenvalue weighted by Gasteiger charge is 2.29. The summed E-state index contributed by atoms with van der Waals surface area (Å²) < 4.78 is 4.03. The zero-order valence-electron chi connectivity index (χ0n) is 6.25. The van der Waals surface area contributed by atoms with Crippen molar-refractivity contribution in [2.24, 2.45) is 0 Å². The summed E-state index contributed by atoms with van der Waals surface area (Å²) in [5, 5.41) is 0. The van der Waals surface area contributed by atoms with E-state index in [9.17, 15) is 0 Å². The lowest BCUT2D eigenvalue weighted by atomic mass is 10.9. The molecule has 76 valence electrons. The van der Waals surface area contributed by atoms with Gasteiger partial charge in [-0.25, -0.2) is 0 Å². The molecule has 0 bridgehead atoms. The first-order chi connectivity index (χ1) is 5.06. The molecule has 0 fully saturated rings. The lowest BCUT2D eigenvalue weighted by Gasteiger charge is -2.05. The van der Waals surface area contributed by atoms with Crippen molar-refractivity contribution in [1.29, 1.82) is 0 Å². The molecule has 7 N–H and O–H groups in total. The van der Waals surface area contributed by atoms with Crippen LogP contribution in [-0.2, 0) is 4.43 Å². The van der Waals surface area contributed by atoms with E-state index in [1.54, 1.807) is 6.92 Å². The minimum atomic E-state index is -4.61. The maximum Gasteiger partial charge on any atom is 0.671 e. The van der Waals surface area contributed by atoms with E-state index < -0.39 is 18.1 Å². The molecule has 0 unspecified atom stereocenters. The molecule has 0 aromatic heterocycles. The van der Waals surface area contributed by atoms with Crippen molar-refractivity contribution in [3.63, 3.8) is 0 Å². The zero-order valence-corrected chi connectivity index (χ0v) is 8.25. The van der Waals surface area contributed by atoms with Crippen molar-refractivity contribution in [2.45, 2.75) is 6.92 Å². The first-order valence-corrected chi connectivity index (χ1v) is 6.30. The van der Waals surface area contributed by atoms with E-state index in [0.29, 0.717) is 0 Å². The Balaban J connectivity index is 0. The molecule has 0 saturated carbocycles. The van der Waals surface area contributed by atoms with Crippen molar-refractivity contribution in [3.05, 3.63) is 0 Å². The van der Waals surface area contributed by atoms with E-state index in [-0.39, 0.29) is 6.61 Å². The second kappa shape index (κ2) is 5.71. The fraction of sp³-hybridized carbons (Fsp3) is 1.00. The quantitative estimate of drug-likeness (QED) is 0.232. The van der Waals surface area contributed by atoms with E-state index in [1.807, 2.05) is 0 Å². The minimum Gasteiger partial charge on any atom is -0.368 e. The van der Waals surface area contributed by atoms with Gasteiger partial charge in [-0.2, -0.15) is 0 Å². The topological polar surface area (TPSA) is 151 Å². The summed E-state index contributed by atoms with van der Waals surface area (Å²) in [6, 6.07) is 0. The highest BCUT2D eigenvalue weighted by molar-refractivity contribution is 6.48. The molecule has 0 heterocycles. The normalized spacial score (nSPS) is 12.0. The smallest absolute Gasteiger partial charge is 0.368 e. The molecule has 0 rings (SSSR count). The van der Waals surface area contributed by atoms with Crippen molar-refractivity contribution >= 4 is 18.1 Å². The van der Waals surface area contributed by atoms with Crippen LogP contribution in [-0.4, -0.2) is 58.3 Å². The molecule has 0 atom stereocenters. The van der Waals surface area contributed by atoms with Crippen LogP contribution in [0.1, 0.15) is 6.92 Å². The fourth-order valence-electron chi connectivity index (χ4n) is 0.194. The number of rotatable bonds is 2. The SMILES string of the molecule is CCO[Si](O)(O)O.O[Si](O)(O)O. The summed E-state index contributed by atoms with van der Waals surface area (Å²) in [7, 11) is -8.77. The number of hydrogen-bond donors (Lipinski definition) is 7. The van der Waals surface area contributed by atoms with Gasteiger partial charge in [0.25, 0.3) is 0 Å². The largest absolute Gasteiger partial charge is 0.671 e. The van der Waals surface area contributed by atoms with Crippen molar-refractivity contribution in [2.75, 3.05) is 6.61 Å². The van der Waals surface area contributed by atoms with E-state index in [4.69, 9.17) is 33.6 Å². The average molecular weight is 220 g/mol. The van der Waals surface area contributed by atoms with Crippen LogP contribution in [0.3, 0.4) is 0 Å². The van der Waals surface area contributed by atoms with Crippen molar-refractivity contribution in [3.8, 4) is 0 Å². The molecule has 0 aromatic carbocycles. The average Bonchev–Trinajstić information content (AvgIpc) is 1.54. The summed E-state index contributed by atoms with van der Waals surface area (Å²) in [4.78, 5) is 53.4. The van der Waals surface area contributed by atoms with Crippen LogP contribution in [0.4, 0.5) is 0 Å². The van der Waals surface area contributed by atoms with Gasteiger partial charge >= 0.3 is 18.1 Å². The van der Waals surface area contributed by atoms with Gasteiger partial charge in [0.1, 0.15) is 0 Å². The Kier molecular flexibility index (Phi) is 6.96. The summed E-state index contributed by atoms with van der Waals surface area (Å²) in [6.45, 7) is 1.68. The molecule has 12 heavy (non-hydrogen) atoms. The van der Waals surface area contributed by atoms with Crippen LogP contribution >= 0.6 is 0 Å². The molecule has 0 saturated heterocycles. The number of hydrogen-bond acceptors (Lipinski definition) is 8. The van der Waals surface area contributed by atoms with Crippen LogP contribution in [0, 0.1) is 0 Å². The summed E-state index contributed by atoms with van der Waals surface area (Å²) >= 11 is 0. The Morgan fingerprint density at radius 3 is 1.17 bits per heavy atom. The lowest BCUT2D eigenvalue weighted by Crippen LogP contribution is -2.38. The molecule has 0 spiro atoms. The van der Waals surface area contributed by atoms with Gasteiger partial charge in [0.05, 0.1) is 0 Å². The predicted octanol–water partition coefficient (Wildman–Crippen LogP) is -4.17. The summed E-state index contributed by atoms with van der Waals surface area (Å²) in [5.41, 5.74) is 0. The Morgan fingerprint density at radius 2 is 1.17 bits per heavy atom. The monoisotopic (exact) mass is 220 g/mol. The third-order valence-electron chi connectivity index (χ3n) is 0.338. The van der Waals surface area contributed by atoms with Gasteiger partial charge in [0.2, 0.25) is 0 Å². The molecule has 0 amide bonds. The third kappa shape index (κ3) is 49.6. The molecule has 0 aliphatic rings. The maximum atomic E-state index is 8.05. The Hall–Kier alpha value is 0.114. The van der Waals surface area contributed by atoms with E-state index >= 15 is 0 Å². The van der Waals surface area contributed by atoms with E-state index in [0.717, 1.165) is 0 Å². The van der Waals surface area contributed by atoms with Gasteiger partial charge in [-0.05, 0) is 6.92 Å². The molecule has 0 radical (unpaired) electrons. The molecule has 0 aliphatic heterocycles. The molecule has 10 heteroatoms. The predicted molar refractivity (Wildman–Crippen MR) is 38.7 cm³/mol. The van der Waals surface area contributed by atoms with Gasteiger partial charge in [-0.3, -0.25) is 0 Å². The van der Waals surface area contributed by atoms with Crippen molar-refractivity contribution in [1.82, 2.24) is 0 Å². The van der Waals surface area contributed by atoms with Gasteiger partial charge < -0.3 is 38.0 Å². The van der Waals surface area contributed by atoms with E-state index in [1.165, 1.54) is 0 Å². The minimum absolute atomic E-state index is 0.121. The van der Waals surface area contributed by atoms with Gasteiger partial charge in [0, 0.05) is 6.61 Å². The summed E-state index contributed by atoms with van der Waals surface area (Å²) in [6.07, 6.45) is 0. The van der Waals surface area contributed by atoms with Crippen LogP contribution in [0.25, 0.3) is 0 Å².